The third kappa shape index (κ3) is 3.98. The van der Waals surface area contributed by atoms with Gasteiger partial charge in [-0.2, -0.15) is 0 Å². The second-order valence-corrected chi connectivity index (χ2v) is 7.65. The molecule has 2 aromatic rings. The molecule has 2 aliphatic rings. The van der Waals surface area contributed by atoms with Gasteiger partial charge in [0.1, 0.15) is 5.82 Å². The van der Waals surface area contributed by atoms with Crippen LogP contribution in [0.3, 0.4) is 0 Å². The fourth-order valence-corrected chi connectivity index (χ4v) is 4.25. The average molecular weight is 352 g/mol. The number of H-pyrrole nitrogens is 1. The topological polar surface area (TPSA) is 61.0 Å². The maximum absolute atomic E-state index is 12.8. The van der Waals surface area contributed by atoms with Crippen LogP contribution in [0.4, 0.5) is 0 Å². The molecule has 1 atom stereocenters. The van der Waals surface area contributed by atoms with Crippen molar-refractivity contribution in [3.8, 4) is 0 Å². The van der Waals surface area contributed by atoms with E-state index in [0.29, 0.717) is 5.92 Å². The number of benzene rings is 1. The number of aromatic nitrogens is 2. The molecule has 5 heteroatoms. The highest BCUT2D eigenvalue weighted by molar-refractivity contribution is 5.94. The van der Waals surface area contributed by atoms with Crippen LogP contribution < -0.4 is 5.32 Å². The van der Waals surface area contributed by atoms with E-state index < -0.39 is 0 Å². The van der Waals surface area contributed by atoms with Crippen molar-refractivity contribution in [3.05, 3.63) is 53.6 Å². The molecule has 26 heavy (non-hydrogen) atoms. The summed E-state index contributed by atoms with van der Waals surface area (Å²) in [5.41, 5.74) is 2.15. The molecule has 1 aromatic heterocycles. The van der Waals surface area contributed by atoms with Gasteiger partial charge in [-0.25, -0.2) is 4.98 Å². The summed E-state index contributed by atoms with van der Waals surface area (Å²) in [6.07, 6.45) is 9.32. The number of nitrogens with zero attached hydrogens (tertiary/aromatic N) is 2. The quantitative estimate of drug-likeness (QED) is 0.889. The highest BCUT2D eigenvalue weighted by Crippen LogP contribution is 2.26. The molecule has 2 saturated heterocycles. The Morgan fingerprint density at radius 3 is 2.62 bits per heavy atom. The maximum atomic E-state index is 12.8. The van der Waals surface area contributed by atoms with Gasteiger partial charge in [-0.3, -0.25) is 4.79 Å². The summed E-state index contributed by atoms with van der Waals surface area (Å²) < 4.78 is 0. The van der Waals surface area contributed by atoms with Gasteiger partial charge in [0.05, 0.1) is 0 Å². The molecular weight excluding hydrogens is 324 g/mol. The minimum absolute atomic E-state index is 0.161. The van der Waals surface area contributed by atoms with Gasteiger partial charge < -0.3 is 15.2 Å². The number of carbonyl (C=O) groups excluding carboxylic acids is 1. The molecule has 0 unspecified atom stereocenters. The minimum atomic E-state index is 0.161. The number of carbonyl (C=O) groups is 1. The van der Waals surface area contributed by atoms with Crippen LogP contribution in [0.15, 0.2) is 36.7 Å². The molecule has 0 bridgehead atoms. The largest absolute Gasteiger partial charge is 0.348 e. The predicted molar refractivity (Wildman–Crippen MR) is 102 cm³/mol. The van der Waals surface area contributed by atoms with Crippen LogP contribution >= 0.6 is 0 Å². The molecule has 4 rings (SSSR count). The molecule has 5 nitrogen and oxygen atoms in total. The molecule has 1 aromatic carbocycles. The first kappa shape index (κ1) is 17.3. The van der Waals surface area contributed by atoms with Crippen molar-refractivity contribution in [2.45, 2.75) is 38.0 Å². The zero-order valence-corrected chi connectivity index (χ0v) is 15.3. The monoisotopic (exact) mass is 352 g/mol. The molecule has 3 heterocycles. The van der Waals surface area contributed by atoms with Crippen molar-refractivity contribution in [2.24, 2.45) is 5.92 Å². The first-order valence-electron chi connectivity index (χ1n) is 9.88. The zero-order valence-electron chi connectivity index (χ0n) is 15.3. The van der Waals surface area contributed by atoms with Crippen molar-refractivity contribution >= 4 is 5.91 Å². The third-order valence-electron chi connectivity index (χ3n) is 5.81. The lowest BCUT2D eigenvalue weighted by molar-refractivity contribution is 0.0711. The molecule has 2 N–H and O–H groups in total. The highest BCUT2D eigenvalue weighted by Gasteiger charge is 2.25. The summed E-state index contributed by atoms with van der Waals surface area (Å²) >= 11 is 0. The number of amides is 1. The Morgan fingerprint density at radius 1 is 1.15 bits per heavy atom. The number of imidazole rings is 1. The maximum Gasteiger partial charge on any atom is 0.253 e. The summed E-state index contributed by atoms with van der Waals surface area (Å²) in [5, 5.41) is 3.47. The molecule has 0 aliphatic carbocycles. The second kappa shape index (κ2) is 8.04. The number of nitrogens with one attached hydrogen (secondary N) is 2. The lowest BCUT2D eigenvalue weighted by atomic mass is 9.92. The molecule has 2 fully saturated rings. The van der Waals surface area contributed by atoms with E-state index in [1.165, 1.54) is 18.4 Å². The van der Waals surface area contributed by atoms with Crippen LogP contribution in [-0.4, -0.2) is 47.0 Å². The van der Waals surface area contributed by atoms with Crippen LogP contribution in [0.25, 0.3) is 0 Å². The summed E-state index contributed by atoms with van der Waals surface area (Å²) in [6, 6.07) is 8.29. The van der Waals surface area contributed by atoms with E-state index in [-0.39, 0.29) is 5.91 Å². The zero-order chi connectivity index (χ0) is 17.8. The first-order chi connectivity index (χ1) is 12.8. The van der Waals surface area contributed by atoms with Crippen LogP contribution in [0, 0.1) is 5.92 Å². The second-order valence-electron chi connectivity index (χ2n) is 7.65. The Labute approximate surface area is 155 Å². The van der Waals surface area contributed by atoms with Crippen LogP contribution in [0.5, 0.6) is 0 Å². The van der Waals surface area contributed by atoms with E-state index in [1.807, 2.05) is 23.2 Å². The first-order valence-corrected chi connectivity index (χ1v) is 9.88. The van der Waals surface area contributed by atoms with Gasteiger partial charge in [-0.15, -0.1) is 0 Å². The lowest BCUT2D eigenvalue weighted by Gasteiger charge is -2.31. The molecular formula is C21H28N4O. The van der Waals surface area contributed by atoms with E-state index in [9.17, 15) is 4.79 Å². The normalized spacial score (nSPS) is 21.7. The summed E-state index contributed by atoms with van der Waals surface area (Å²) in [5.74, 6) is 2.39. The van der Waals surface area contributed by atoms with Crippen LogP contribution in [-0.2, 0) is 6.42 Å². The predicted octanol–water partition coefficient (Wildman–Crippen LogP) is 2.97. The molecule has 0 spiro atoms. The van der Waals surface area contributed by atoms with Crippen molar-refractivity contribution in [1.29, 1.82) is 0 Å². The SMILES string of the molecule is O=C(c1ccc(C[C@H]2CCCNC2)cc1)N1CCC(c2ncc[nH]2)CC1. The van der Waals surface area contributed by atoms with Gasteiger partial charge in [0.25, 0.3) is 5.91 Å². The van der Waals surface area contributed by atoms with Gasteiger partial charge in [0, 0.05) is 37.0 Å². The number of hydrogen-bond donors (Lipinski definition) is 2. The van der Waals surface area contributed by atoms with Crippen molar-refractivity contribution in [1.82, 2.24) is 20.2 Å². The summed E-state index contributed by atoms with van der Waals surface area (Å²) in [7, 11) is 0. The Hall–Kier alpha value is -2.14. The Balaban J connectivity index is 1.32. The van der Waals surface area contributed by atoms with Crippen molar-refractivity contribution < 1.29 is 4.79 Å². The van der Waals surface area contributed by atoms with E-state index in [1.54, 1.807) is 6.20 Å². The highest BCUT2D eigenvalue weighted by atomic mass is 16.2. The summed E-state index contributed by atoms with van der Waals surface area (Å²) in [6.45, 7) is 3.88. The Bertz CT molecular complexity index is 696. The van der Waals surface area contributed by atoms with Crippen LogP contribution in [0.1, 0.15) is 53.3 Å². The van der Waals surface area contributed by atoms with E-state index >= 15 is 0 Å². The van der Waals surface area contributed by atoms with Gasteiger partial charge >= 0.3 is 0 Å². The smallest absolute Gasteiger partial charge is 0.253 e. The average Bonchev–Trinajstić information content (AvgIpc) is 3.24. The van der Waals surface area contributed by atoms with Gasteiger partial charge in [0.2, 0.25) is 0 Å². The number of hydrogen-bond acceptors (Lipinski definition) is 3. The van der Waals surface area contributed by atoms with Crippen molar-refractivity contribution in [3.63, 3.8) is 0 Å². The number of likely N-dealkylation sites (tertiary alicyclic amines) is 1. The Morgan fingerprint density at radius 2 is 1.96 bits per heavy atom. The number of rotatable bonds is 4. The van der Waals surface area contributed by atoms with Gasteiger partial charge in [-0.1, -0.05) is 12.1 Å². The molecule has 2 aliphatic heterocycles. The molecule has 138 valence electrons. The van der Waals surface area contributed by atoms with Gasteiger partial charge in [-0.05, 0) is 68.8 Å². The van der Waals surface area contributed by atoms with Gasteiger partial charge in [0.15, 0.2) is 0 Å². The molecule has 1 amide bonds. The minimum Gasteiger partial charge on any atom is -0.348 e. The van der Waals surface area contributed by atoms with Crippen molar-refractivity contribution in [2.75, 3.05) is 26.2 Å². The standard InChI is InChI=1S/C21H28N4O/c26-21(25-12-7-18(8-13-25)20-23-10-11-24-20)19-5-3-16(4-6-19)14-17-2-1-9-22-15-17/h3-6,10-11,17-18,22H,1-2,7-9,12-15H2,(H,23,24)/t17-/m1/s1. The number of aromatic amines is 1. The van der Waals surface area contributed by atoms with E-state index in [2.05, 4.69) is 27.4 Å². The van der Waals surface area contributed by atoms with E-state index in [4.69, 9.17) is 0 Å². The van der Waals surface area contributed by atoms with Crippen LogP contribution in [0.2, 0.25) is 0 Å². The number of piperidine rings is 2. The fourth-order valence-electron chi connectivity index (χ4n) is 4.25. The molecule has 0 saturated carbocycles. The fraction of sp³-hybridized carbons (Fsp3) is 0.524. The third-order valence-corrected chi connectivity index (χ3v) is 5.81. The Kier molecular flexibility index (Phi) is 5.34. The van der Waals surface area contributed by atoms with E-state index in [0.717, 1.165) is 62.7 Å². The molecule has 0 radical (unpaired) electrons. The lowest BCUT2D eigenvalue weighted by Crippen LogP contribution is -2.38. The summed E-state index contributed by atoms with van der Waals surface area (Å²) in [4.78, 5) is 22.3.